The molecule has 0 unspecified atom stereocenters. The molecular formula is C66H106Cl4Gd6N12O38+4. The van der Waals surface area contributed by atoms with Crippen molar-refractivity contribution in [2.45, 2.75) is 26.4 Å². The number of para-hydroxylation sites is 4. The summed E-state index contributed by atoms with van der Waals surface area (Å²) in [6.07, 6.45) is 4.69. The molecule has 0 bridgehead atoms. The van der Waals surface area contributed by atoms with Gasteiger partial charge in [-0.3, -0.25) is 9.97 Å². The summed E-state index contributed by atoms with van der Waals surface area (Å²) in [6, 6.07) is 37.1. The molecule has 0 aliphatic carbocycles. The summed E-state index contributed by atoms with van der Waals surface area (Å²) in [4.78, 5) is 15.5. The van der Waals surface area contributed by atoms with Crippen LogP contribution in [-0.4, -0.2) is 246 Å². The molecule has 0 aliphatic rings. The Labute approximate surface area is 940 Å². The zero-order valence-corrected chi connectivity index (χ0v) is 84.0. The Bertz CT molecular complexity index is 3450. The SMILES string of the molecule is CO.CO.CO.CO.CO.CO.COc1cccc(/C=N/N=C(\[O-])c2cccc(CO)n2)c1[O-].COc1cccc(/C=N/N=C(\[O-])c2cccc(CO)n2)c1[O-].COc1cccc(/C=N/N=C(\[O-])c2cccc(C[O-])n2)c1[O-].COc1cccc(/C=N/N=C(\[O-])c2cccc(C[O-])n2)c1[O-].O.O.O.O.O.O.O.O.[Cl-].[Cl-].[Cl-].[Cl-].[Gd+3].[Gd+3].[Gd+3].[Gd+3].[Gd+3].[Gd+3].[OH-].[OH-].[OH-].[OH-].[OH3+].[OH3+].[OH3+].[OH3+]. The molecule has 40 N–H and O–H groups in total. The molecule has 0 saturated carbocycles. The van der Waals surface area contributed by atoms with Crippen LogP contribution in [0.4, 0.5) is 0 Å². The molecule has 6 radical (unpaired) electrons. The van der Waals surface area contributed by atoms with Gasteiger partial charge in [0.05, 0.1) is 101 Å². The topological polar surface area (TPSA) is 1080 Å². The molecule has 8 rings (SSSR count). The van der Waals surface area contributed by atoms with E-state index in [1.807, 2.05) is 0 Å². The second kappa shape index (κ2) is 130. The zero-order valence-electron chi connectivity index (χ0n) is 67.4. The smallest absolute Gasteiger partial charge is 1.00 e. The molecular weight excluding hydrogens is 2650 g/mol. The summed E-state index contributed by atoms with van der Waals surface area (Å²) in [5, 5.41) is 204. The fourth-order valence-electron chi connectivity index (χ4n) is 6.69. The molecule has 50 nitrogen and oxygen atoms in total. The van der Waals surface area contributed by atoms with Gasteiger partial charge in [-0.25, -0.2) is 9.97 Å². The maximum atomic E-state index is 11.8. The number of rotatable bonds is 20. The molecule has 0 atom stereocenters. The summed E-state index contributed by atoms with van der Waals surface area (Å²) in [7, 11) is 11.6. The standard InChI is InChI=1S/2C15H15N3O4.2C15H14N3O4.6CH4O.4ClH.6Gd.16H2O/c4*1-22-13-7-2-4-10(14(13)20)8-16-18-15(21)12-6-3-5-11(9-19)17-12;6*1-2;;;;;;;;;;;;;;;;;;;;;;;;;;/h2*2-8,19-20H,9H2,1H3,(H,18,21);2*2-8,20H,9H2,1H3,(H,18,21);6*2H,1H3;4*1H;;;;;;;16*1H2/q;;2*-1;;;;;;;;;;;6*+3;;;;;;;;;;;;;;;;/p-12/b4*16-8+;;;;;;;;;;;;;;;;;;;;;;;;;;;;;;;;. The molecule has 0 amide bonds. The van der Waals surface area contributed by atoms with Gasteiger partial charge in [0.25, 0.3) is 0 Å². The molecule has 0 spiro atoms. The molecule has 4 heterocycles. The third-order valence-electron chi connectivity index (χ3n) is 11.0. The Morgan fingerprint density at radius 3 is 0.595 bits per heavy atom. The van der Waals surface area contributed by atoms with Gasteiger partial charge in [-0.2, -0.15) is 40.8 Å². The van der Waals surface area contributed by atoms with Crippen molar-refractivity contribution < 1.29 is 488 Å². The van der Waals surface area contributed by atoms with E-state index < -0.39 is 36.8 Å². The Balaban J connectivity index is -0.0000000352. The van der Waals surface area contributed by atoms with Crippen molar-refractivity contribution in [1.29, 1.82) is 0 Å². The van der Waals surface area contributed by atoms with Crippen molar-refractivity contribution in [2.24, 2.45) is 40.8 Å². The summed E-state index contributed by atoms with van der Waals surface area (Å²) < 4.78 is 19.6. The van der Waals surface area contributed by atoms with E-state index in [0.717, 1.165) is 42.7 Å². The number of nitrogens with zero attached hydrogens (tertiary/aromatic N) is 12. The van der Waals surface area contributed by atoms with Crippen LogP contribution in [0.2, 0.25) is 0 Å². The number of ether oxygens (including phenoxy) is 4. The minimum atomic E-state index is -0.693. The Hall–Kier alpha value is -3.49. The fraction of sp³-hybridized carbons (Fsp3) is 0.212. The number of pyridine rings is 4. The van der Waals surface area contributed by atoms with Crippen molar-refractivity contribution in [2.75, 3.05) is 71.1 Å². The van der Waals surface area contributed by atoms with Gasteiger partial charge in [0.15, 0.2) is 0 Å². The summed E-state index contributed by atoms with van der Waals surface area (Å²) >= 11 is 0. The van der Waals surface area contributed by atoms with Crippen LogP contribution in [0.5, 0.6) is 46.0 Å². The Morgan fingerprint density at radius 1 is 0.294 bits per heavy atom. The summed E-state index contributed by atoms with van der Waals surface area (Å²) in [6.45, 7) is -1.58. The fourth-order valence-corrected chi connectivity index (χ4v) is 6.69. The van der Waals surface area contributed by atoms with Gasteiger partial charge >= 0.3 is 240 Å². The van der Waals surface area contributed by atoms with Crippen LogP contribution in [0, 0.1) is 240 Å². The first-order valence-electron chi connectivity index (χ1n) is 28.0. The van der Waals surface area contributed by atoms with Gasteiger partial charge in [0.2, 0.25) is 0 Å². The largest absolute Gasteiger partial charge is 3.00 e. The predicted molar refractivity (Wildman–Crippen MR) is 407 cm³/mol. The number of methoxy groups -OCH3 is 4. The molecule has 730 valence electrons. The average molecular weight is 2760 g/mol. The van der Waals surface area contributed by atoms with Gasteiger partial charge in [-0.15, -0.1) is 0 Å². The second-order valence-corrected chi connectivity index (χ2v) is 16.8. The van der Waals surface area contributed by atoms with E-state index >= 15 is 0 Å². The number of hydrogen-bond acceptors (Lipinski definition) is 38. The van der Waals surface area contributed by atoms with Gasteiger partial charge < -0.3 is 248 Å². The maximum Gasteiger partial charge on any atom is 3.00 e. The van der Waals surface area contributed by atoms with E-state index in [1.54, 1.807) is 72.8 Å². The van der Waals surface area contributed by atoms with E-state index in [0.29, 0.717) is 11.4 Å². The zero-order chi connectivity index (χ0) is 75.8. The van der Waals surface area contributed by atoms with E-state index in [1.165, 1.54) is 126 Å². The second-order valence-electron chi connectivity index (χ2n) is 16.8. The molecule has 126 heavy (non-hydrogen) atoms. The van der Waals surface area contributed by atoms with Crippen molar-refractivity contribution in [3.63, 3.8) is 0 Å². The van der Waals surface area contributed by atoms with Gasteiger partial charge in [-0.05, 0) is 95.1 Å². The minimum absolute atomic E-state index is 0. The van der Waals surface area contributed by atoms with Crippen molar-refractivity contribution >= 4 is 48.4 Å². The van der Waals surface area contributed by atoms with E-state index in [9.17, 15) is 51.1 Å². The number of aromatic nitrogens is 4. The van der Waals surface area contributed by atoms with Gasteiger partial charge in [-0.1, -0.05) is 109 Å². The van der Waals surface area contributed by atoms with Gasteiger partial charge in [0, 0.05) is 77.6 Å². The van der Waals surface area contributed by atoms with E-state index in [-0.39, 0.29) is 493 Å². The first kappa shape index (κ1) is 203. The van der Waals surface area contributed by atoms with Crippen LogP contribution in [0.3, 0.4) is 0 Å². The number of hydrogen-bond donors (Lipinski definition) is 8. The Kier molecular flexibility index (Phi) is 209. The van der Waals surface area contributed by atoms with Crippen molar-refractivity contribution in [1.82, 2.24) is 19.9 Å². The molecule has 8 aromatic rings. The van der Waals surface area contributed by atoms with Crippen LogP contribution in [-0.2, 0) is 48.3 Å². The Morgan fingerprint density at radius 2 is 0.444 bits per heavy atom. The predicted octanol–water partition coefficient (Wildman–Crippen LogP) is -27.4. The summed E-state index contributed by atoms with van der Waals surface area (Å²) in [5.74, 6) is -3.34. The first-order valence-corrected chi connectivity index (χ1v) is 28.0. The van der Waals surface area contributed by atoms with E-state index in [4.69, 9.17) is 59.8 Å². The van der Waals surface area contributed by atoms with Crippen LogP contribution in [0.25, 0.3) is 0 Å². The monoisotopic (exact) mass is 2760 g/mol. The maximum absolute atomic E-state index is 11.8. The minimum Gasteiger partial charge on any atom is -1.00 e. The van der Waals surface area contributed by atoms with Crippen molar-refractivity contribution in [3.05, 3.63) is 213 Å². The number of aliphatic hydroxyl groups is 8. The molecule has 0 saturated heterocycles. The normalized spacial score (nSPS) is 8.54. The van der Waals surface area contributed by atoms with Crippen LogP contribution >= 0.6 is 0 Å². The molecule has 60 heteroatoms. The van der Waals surface area contributed by atoms with Crippen LogP contribution < -0.4 is 120 Å². The van der Waals surface area contributed by atoms with Crippen LogP contribution in [0.1, 0.15) is 67.8 Å². The first-order chi connectivity index (χ1) is 48.6. The van der Waals surface area contributed by atoms with Gasteiger partial charge in [0.1, 0.15) is 23.0 Å². The van der Waals surface area contributed by atoms with Crippen LogP contribution in [0.15, 0.2) is 186 Å². The third-order valence-corrected chi connectivity index (χ3v) is 11.0. The van der Waals surface area contributed by atoms with Crippen molar-refractivity contribution in [3.8, 4) is 46.0 Å². The number of benzene rings is 4. The third kappa shape index (κ3) is 78.0. The molecule has 4 aromatic heterocycles. The quantitative estimate of drug-likeness (QED) is 0.0152. The van der Waals surface area contributed by atoms with E-state index in [2.05, 4.69) is 60.7 Å². The molecule has 4 aromatic carbocycles. The number of halogens is 4. The number of aliphatic hydroxyl groups excluding tert-OH is 8. The summed E-state index contributed by atoms with van der Waals surface area (Å²) in [5.41, 5.74) is 2.42. The molecule has 0 aliphatic heterocycles. The molecule has 0 fully saturated rings. The average Bonchev–Trinajstić information content (AvgIpc) is 0.866.